The van der Waals surface area contributed by atoms with E-state index in [1.165, 1.54) is 49.8 Å². The van der Waals surface area contributed by atoms with Gasteiger partial charge >= 0.3 is 0 Å². The van der Waals surface area contributed by atoms with Crippen LogP contribution in [0.1, 0.15) is 50.0 Å². The van der Waals surface area contributed by atoms with Crippen molar-refractivity contribution in [2.24, 2.45) is 23.2 Å². The molecule has 4 bridgehead atoms. The highest BCUT2D eigenvalue weighted by atomic mass is 19.1. The van der Waals surface area contributed by atoms with Crippen molar-refractivity contribution >= 4 is 5.69 Å². The second-order valence-electron chi connectivity index (χ2n) is 7.94. The summed E-state index contributed by atoms with van der Waals surface area (Å²) in [6, 6.07) is 5.33. The lowest BCUT2D eigenvalue weighted by Gasteiger charge is -2.59. The second kappa shape index (κ2) is 3.78. The molecule has 1 heterocycles. The fraction of sp³-hybridized carbons (Fsp3) is 0.667. The van der Waals surface area contributed by atoms with Crippen LogP contribution >= 0.6 is 0 Å². The van der Waals surface area contributed by atoms with Crippen LogP contribution in [0.3, 0.4) is 0 Å². The summed E-state index contributed by atoms with van der Waals surface area (Å²) < 4.78 is 13.7. The van der Waals surface area contributed by atoms with Crippen molar-refractivity contribution in [3.05, 3.63) is 29.6 Å². The van der Waals surface area contributed by atoms with Crippen LogP contribution in [0.2, 0.25) is 0 Å². The SMILES string of the molecule is Fc1ccc2c(c1)C(C13CC4CC(CC(C4)C1)C3)CN2. The zero-order valence-corrected chi connectivity index (χ0v) is 11.9. The minimum absolute atomic E-state index is 0.0674. The first-order chi connectivity index (χ1) is 9.72. The van der Waals surface area contributed by atoms with Crippen molar-refractivity contribution in [1.82, 2.24) is 0 Å². The van der Waals surface area contributed by atoms with E-state index in [4.69, 9.17) is 0 Å². The van der Waals surface area contributed by atoms with Gasteiger partial charge in [-0.05, 0) is 85.5 Å². The molecule has 1 atom stereocenters. The Morgan fingerprint density at radius 1 is 1.00 bits per heavy atom. The van der Waals surface area contributed by atoms with Crippen LogP contribution in [0.4, 0.5) is 10.1 Å². The summed E-state index contributed by atoms with van der Waals surface area (Å²) in [5.41, 5.74) is 2.94. The number of hydrogen-bond acceptors (Lipinski definition) is 1. The number of hydrogen-bond donors (Lipinski definition) is 1. The Balaban J connectivity index is 1.57. The molecular formula is C18H22FN. The van der Waals surface area contributed by atoms with Gasteiger partial charge in [0.15, 0.2) is 0 Å². The van der Waals surface area contributed by atoms with Crippen molar-refractivity contribution in [3.63, 3.8) is 0 Å². The number of benzene rings is 1. The van der Waals surface area contributed by atoms with E-state index in [2.05, 4.69) is 5.32 Å². The van der Waals surface area contributed by atoms with Gasteiger partial charge in [-0.1, -0.05) is 0 Å². The summed E-state index contributed by atoms with van der Waals surface area (Å²) in [6.07, 6.45) is 8.66. The van der Waals surface area contributed by atoms with Crippen molar-refractivity contribution in [2.75, 3.05) is 11.9 Å². The molecule has 0 radical (unpaired) electrons. The summed E-state index contributed by atoms with van der Waals surface area (Å²) in [6.45, 7) is 1.03. The molecule has 0 aromatic heterocycles. The maximum absolute atomic E-state index is 13.7. The van der Waals surface area contributed by atoms with Crippen LogP contribution in [0, 0.1) is 29.0 Å². The lowest BCUT2D eigenvalue weighted by molar-refractivity contribution is -0.0654. The molecule has 0 spiro atoms. The van der Waals surface area contributed by atoms with E-state index in [0.717, 1.165) is 24.3 Å². The van der Waals surface area contributed by atoms with Crippen molar-refractivity contribution in [3.8, 4) is 0 Å². The van der Waals surface area contributed by atoms with Crippen molar-refractivity contribution in [1.29, 1.82) is 0 Å². The molecule has 1 aromatic rings. The van der Waals surface area contributed by atoms with E-state index in [1.54, 1.807) is 12.1 Å². The van der Waals surface area contributed by atoms with Gasteiger partial charge in [-0.25, -0.2) is 4.39 Å². The number of fused-ring (bicyclic) bond motifs is 1. The van der Waals surface area contributed by atoms with Crippen LogP contribution in [0.5, 0.6) is 0 Å². The van der Waals surface area contributed by atoms with E-state index < -0.39 is 0 Å². The second-order valence-corrected chi connectivity index (χ2v) is 7.94. The quantitative estimate of drug-likeness (QED) is 0.790. The molecule has 1 unspecified atom stereocenters. The average molecular weight is 271 g/mol. The number of rotatable bonds is 1. The Labute approximate surface area is 120 Å². The Morgan fingerprint density at radius 3 is 2.30 bits per heavy atom. The highest BCUT2D eigenvalue weighted by Gasteiger charge is 2.55. The van der Waals surface area contributed by atoms with Crippen LogP contribution in [-0.4, -0.2) is 6.54 Å². The summed E-state index contributed by atoms with van der Waals surface area (Å²) in [5, 5.41) is 3.54. The molecular weight excluding hydrogens is 249 g/mol. The summed E-state index contributed by atoms with van der Waals surface area (Å²) in [4.78, 5) is 0. The van der Waals surface area contributed by atoms with E-state index in [1.807, 2.05) is 6.07 Å². The van der Waals surface area contributed by atoms with Gasteiger partial charge in [0, 0.05) is 18.2 Å². The fourth-order valence-corrected chi connectivity index (χ4v) is 6.46. The lowest BCUT2D eigenvalue weighted by atomic mass is 9.46. The minimum Gasteiger partial charge on any atom is -0.384 e. The predicted molar refractivity (Wildman–Crippen MR) is 78.2 cm³/mol. The molecule has 6 rings (SSSR count). The first kappa shape index (κ1) is 11.6. The van der Waals surface area contributed by atoms with Crippen LogP contribution in [0.15, 0.2) is 18.2 Å². The molecule has 4 fully saturated rings. The summed E-state index contributed by atoms with van der Waals surface area (Å²) >= 11 is 0. The Bertz CT molecular complexity index is 529. The molecule has 4 aliphatic carbocycles. The molecule has 20 heavy (non-hydrogen) atoms. The van der Waals surface area contributed by atoms with E-state index in [9.17, 15) is 4.39 Å². The monoisotopic (exact) mass is 271 g/mol. The zero-order chi connectivity index (χ0) is 13.3. The first-order valence-electron chi connectivity index (χ1n) is 8.25. The Morgan fingerprint density at radius 2 is 1.65 bits per heavy atom. The maximum Gasteiger partial charge on any atom is 0.123 e. The van der Waals surface area contributed by atoms with Crippen LogP contribution in [-0.2, 0) is 0 Å². The van der Waals surface area contributed by atoms with Crippen molar-refractivity contribution in [2.45, 2.75) is 44.4 Å². The smallest absolute Gasteiger partial charge is 0.123 e. The Kier molecular flexibility index (Phi) is 2.19. The standard InChI is InChI=1S/C18H22FN/c19-14-1-2-17-15(6-14)16(10-20-17)18-7-11-3-12(8-18)5-13(4-11)9-18/h1-2,6,11-13,16,20H,3-5,7-10H2. The molecule has 0 saturated heterocycles. The van der Waals surface area contributed by atoms with Gasteiger partial charge in [-0.3, -0.25) is 0 Å². The fourth-order valence-electron chi connectivity index (χ4n) is 6.46. The van der Waals surface area contributed by atoms with E-state index in [-0.39, 0.29) is 5.82 Å². The molecule has 1 nitrogen and oxygen atoms in total. The zero-order valence-electron chi connectivity index (χ0n) is 11.9. The average Bonchev–Trinajstić information content (AvgIpc) is 2.80. The third kappa shape index (κ3) is 1.48. The molecule has 5 aliphatic rings. The summed E-state index contributed by atoms with van der Waals surface area (Å²) in [5.74, 6) is 3.40. The Hall–Kier alpha value is -1.05. The molecule has 1 N–H and O–H groups in total. The largest absolute Gasteiger partial charge is 0.384 e. The van der Waals surface area contributed by atoms with Gasteiger partial charge in [-0.15, -0.1) is 0 Å². The van der Waals surface area contributed by atoms with Gasteiger partial charge in [0.2, 0.25) is 0 Å². The maximum atomic E-state index is 13.7. The number of nitrogens with one attached hydrogen (secondary N) is 1. The van der Waals surface area contributed by atoms with Crippen LogP contribution in [0.25, 0.3) is 0 Å². The highest BCUT2D eigenvalue weighted by molar-refractivity contribution is 5.58. The van der Waals surface area contributed by atoms with E-state index >= 15 is 0 Å². The molecule has 2 heteroatoms. The molecule has 1 aliphatic heterocycles. The molecule has 106 valence electrons. The minimum atomic E-state index is -0.0674. The van der Waals surface area contributed by atoms with E-state index in [0.29, 0.717) is 11.3 Å². The molecule has 1 aromatic carbocycles. The van der Waals surface area contributed by atoms with Gasteiger partial charge in [0.1, 0.15) is 5.82 Å². The third-order valence-corrected chi connectivity index (χ3v) is 6.71. The van der Waals surface area contributed by atoms with Gasteiger partial charge in [-0.2, -0.15) is 0 Å². The number of anilines is 1. The van der Waals surface area contributed by atoms with Gasteiger partial charge < -0.3 is 5.32 Å². The molecule has 0 amide bonds. The number of halogens is 1. The first-order valence-corrected chi connectivity index (χ1v) is 8.25. The van der Waals surface area contributed by atoms with Crippen LogP contribution < -0.4 is 5.32 Å². The highest BCUT2D eigenvalue weighted by Crippen LogP contribution is 2.65. The third-order valence-electron chi connectivity index (χ3n) is 6.71. The topological polar surface area (TPSA) is 12.0 Å². The van der Waals surface area contributed by atoms with Gasteiger partial charge in [0.25, 0.3) is 0 Å². The normalized spacial score (nSPS) is 44.5. The van der Waals surface area contributed by atoms with Crippen molar-refractivity contribution < 1.29 is 4.39 Å². The predicted octanol–water partition coefficient (Wildman–Crippen LogP) is 4.55. The van der Waals surface area contributed by atoms with Gasteiger partial charge in [0.05, 0.1) is 0 Å². The lowest BCUT2D eigenvalue weighted by Crippen LogP contribution is -2.49. The molecule has 4 saturated carbocycles. The summed E-state index contributed by atoms with van der Waals surface area (Å²) in [7, 11) is 0.